The van der Waals surface area contributed by atoms with Gasteiger partial charge in [-0.1, -0.05) is 37.3 Å². The number of hydrogen-bond donors (Lipinski definition) is 0. The number of anilines is 1. The smallest absolute Gasteiger partial charge is 0.274 e. The van der Waals surface area contributed by atoms with E-state index in [0.29, 0.717) is 11.7 Å². The van der Waals surface area contributed by atoms with Crippen molar-refractivity contribution in [3.05, 3.63) is 53.7 Å². The van der Waals surface area contributed by atoms with E-state index < -0.39 is 0 Å². The second kappa shape index (κ2) is 9.35. The molecule has 2 aromatic rings. The normalized spacial score (nSPS) is 20.7. The molecule has 6 heteroatoms. The van der Waals surface area contributed by atoms with Gasteiger partial charge >= 0.3 is 0 Å². The molecule has 4 rings (SSSR count). The summed E-state index contributed by atoms with van der Waals surface area (Å²) in [4.78, 5) is 19.5. The Morgan fingerprint density at radius 1 is 0.966 bits per heavy atom. The number of piperidine rings is 1. The maximum Gasteiger partial charge on any atom is 0.274 e. The van der Waals surface area contributed by atoms with Crippen LogP contribution in [0.4, 0.5) is 5.82 Å². The van der Waals surface area contributed by atoms with Gasteiger partial charge in [0.25, 0.3) is 5.91 Å². The van der Waals surface area contributed by atoms with Crippen LogP contribution in [0.1, 0.15) is 48.7 Å². The molecule has 2 fully saturated rings. The fourth-order valence-corrected chi connectivity index (χ4v) is 4.43. The first-order valence-electron chi connectivity index (χ1n) is 10.9. The molecule has 0 spiro atoms. The Hall–Kier alpha value is -2.47. The lowest BCUT2D eigenvalue weighted by atomic mass is 10.0. The first-order valence-corrected chi connectivity index (χ1v) is 10.9. The minimum Gasteiger partial charge on any atom is -0.352 e. The van der Waals surface area contributed by atoms with Crippen LogP contribution in [-0.2, 0) is 6.54 Å². The summed E-state index contributed by atoms with van der Waals surface area (Å²) in [6, 6.07) is 14.9. The number of benzene rings is 1. The maximum absolute atomic E-state index is 12.9. The van der Waals surface area contributed by atoms with E-state index in [1.54, 1.807) is 0 Å². The average molecular weight is 394 g/mol. The topological polar surface area (TPSA) is 52.6 Å². The van der Waals surface area contributed by atoms with Crippen LogP contribution in [0.5, 0.6) is 0 Å². The van der Waals surface area contributed by atoms with Gasteiger partial charge in [0.1, 0.15) is 0 Å². The van der Waals surface area contributed by atoms with Gasteiger partial charge < -0.3 is 9.80 Å². The third-order valence-corrected chi connectivity index (χ3v) is 6.17. The molecule has 2 aliphatic heterocycles. The zero-order chi connectivity index (χ0) is 20.1. The number of nitrogens with zero attached hydrogens (tertiary/aromatic N) is 5. The SMILES string of the molecule is CCC1CCCCN1c1ccc(C(=O)N2CCN(Cc3ccccc3)CC2)nn1. The molecule has 0 N–H and O–H groups in total. The monoisotopic (exact) mass is 393 g/mol. The highest BCUT2D eigenvalue weighted by Crippen LogP contribution is 2.24. The van der Waals surface area contributed by atoms with Crippen LogP contribution >= 0.6 is 0 Å². The summed E-state index contributed by atoms with van der Waals surface area (Å²) in [5, 5.41) is 8.69. The lowest BCUT2D eigenvalue weighted by molar-refractivity contribution is 0.0621. The summed E-state index contributed by atoms with van der Waals surface area (Å²) in [5.41, 5.74) is 1.77. The Morgan fingerprint density at radius 3 is 2.45 bits per heavy atom. The fourth-order valence-electron chi connectivity index (χ4n) is 4.43. The second-order valence-corrected chi connectivity index (χ2v) is 8.08. The molecule has 2 saturated heterocycles. The van der Waals surface area contributed by atoms with Crippen LogP contribution in [0.3, 0.4) is 0 Å². The largest absolute Gasteiger partial charge is 0.352 e. The van der Waals surface area contributed by atoms with Crippen molar-refractivity contribution in [2.24, 2.45) is 0 Å². The van der Waals surface area contributed by atoms with E-state index in [2.05, 4.69) is 51.2 Å². The Balaban J connectivity index is 1.33. The fraction of sp³-hybridized carbons (Fsp3) is 0.522. The van der Waals surface area contributed by atoms with Crippen LogP contribution in [-0.4, -0.2) is 64.7 Å². The number of amides is 1. The molecule has 1 atom stereocenters. The van der Waals surface area contributed by atoms with Crippen LogP contribution in [0, 0.1) is 0 Å². The van der Waals surface area contributed by atoms with Crippen molar-refractivity contribution in [1.29, 1.82) is 0 Å². The lowest BCUT2D eigenvalue weighted by Gasteiger charge is -2.36. The van der Waals surface area contributed by atoms with Gasteiger partial charge in [0, 0.05) is 45.3 Å². The molecular weight excluding hydrogens is 362 g/mol. The van der Waals surface area contributed by atoms with Gasteiger partial charge in [0.15, 0.2) is 11.5 Å². The summed E-state index contributed by atoms with van der Waals surface area (Å²) < 4.78 is 0. The minimum atomic E-state index is -0.00547. The van der Waals surface area contributed by atoms with E-state index in [1.807, 2.05) is 23.1 Å². The lowest BCUT2D eigenvalue weighted by Crippen LogP contribution is -2.48. The standard InChI is InChI=1S/C23H31N5O/c1-2-20-10-6-7-13-28(20)22-12-11-21(24-25-22)23(29)27-16-14-26(15-17-27)18-19-8-4-3-5-9-19/h3-5,8-9,11-12,20H,2,6-7,10,13-18H2,1H3. The molecule has 2 aliphatic rings. The first kappa shape index (κ1) is 19.8. The number of rotatable bonds is 5. The molecule has 1 aromatic heterocycles. The van der Waals surface area contributed by atoms with E-state index in [4.69, 9.17) is 0 Å². The zero-order valence-corrected chi connectivity index (χ0v) is 17.3. The highest BCUT2D eigenvalue weighted by atomic mass is 16.2. The molecular formula is C23H31N5O. The quantitative estimate of drug-likeness (QED) is 0.781. The third-order valence-electron chi connectivity index (χ3n) is 6.17. The first-order chi connectivity index (χ1) is 14.2. The predicted octanol–water partition coefficient (Wildman–Crippen LogP) is 3.20. The van der Waals surface area contributed by atoms with Gasteiger partial charge in [0.05, 0.1) is 0 Å². The number of carbonyl (C=O) groups excluding carboxylic acids is 1. The van der Waals surface area contributed by atoms with Gasteiger partial charge in [0.2, 0.25) is 0 Å². The van der Waals surface area contributed by atoms with Gasteiger partial charge in [-0.2, -0.15) is 0 Å². The van der Waals surface area contributed by atoms with Crippen molar-refractivity contribution in [2.75, 3.05) is 37.6 Å². The van der Waals surface area contributed by atoms with Crippen LogP contribution in [0.15, 0.2) is 42.5 Å². The van der Waals surface area contributed by atoms with E-state index >= 15 is 0 Å². The predicted molar refractivity (Wildman–Crippen MR) is 115 cm³/mol. The van der Waals surface area contributed by atoms with Crippen molar-refractivity contribution in [3.63, 3.8) is 0 Å². The summed E-state index contributed by atoms with van der Waals surface area (Å²) in [5.74, 6) is 0.898. The van der Waals surface area contributed by atoms with Crippen LogP contribution < -0.4 is 4.90 Å². The van der Waals surface area contributed by atoms with Crippen molar-refractivity contribution < 1.29 is 4.79 Å². The molecule has 0 aliphatic carbocycles. The number of piperazine rings is 1. The van der Waals surface area contributed by atoms with E-state index in [9.17, 15) is 4.79 Å². The molecule has 3 heterocycles. The maximum atomic E-state index is 12.9. The molecule has 0 saturated carbocycles. The molecule has 6 nitrogen and oxygen atoms in total. The van der Waals surface area contributed by atoms with Crippen LogP contribution in [0.25, 0.3) is 0 Å². The second-order valence-electron chi connectivity index (χ2n) is 8.08. The molecule has 1 amide bonds. The third kappa shape index (κ3) is 4.75. The Bertz CT molecular complexity index is 787. The van der Waals surface area contributed by atoms with E-state index in [-0.39, 0.29) is 5.91 Å². The Kier molecular flexibility index (Phi) is 6.39. The Morgan fingerprint density at radius 2 is 1.76 bits per heavy atom. The number of hydrogen-bond acceptors (Lipinski definition) is 5. The molecule has 0 bridgehead atoms. The van der Waals surface area contributed by atoms with Crippen molar-refractivity contribution in [3.8, 4) is 0 Å². The summed E-state index contributed by atoms with van der Waals surface area (Å²) in [7, 11) is 0. The van der Waals surface area contributed by atoms with Gasteiger partial charge in [-0.15, -0.1) is 10.2 Å². The average Bonchev–Trinajstić information content (AvgIpc) is 2.80. The van der Waals surface area contributed by atoms with Crippen LogP contribution in [0.2, 0.25) is 0 Å². The van der Waals surface area contributed by atoms with Crippen molar-refractivity contribution in [1.82, 2.24) is 20.0 Å². The Labute approximate surface area is 173 Å². The van der Waals surface area contributed by atoms with Gasteiger partial charge in [-0.05, 0) is 43.4 Å². The molecule has 29 heavy (non-hydrogen) atoms. The molecule has 154 valence electrons. The van der Waals surface area contributed by atoms with E-state index in [0.717, 1.165) is 51.5 Å². The van der Waals surface area contributed by atoms with Crippen molar-refractivity contribution >= 4 is 11.7 Å². The molecule has 0 radical (unpaired) electrons. The van der Waals surface area contributed by atoms with Gasteiger partial charge in [-0.25, -0.2) is 0 Å². The summed E-state index contributed by atoms with van der Waals surface area (Å²) in [6.07, 6.45) is 4.82. The highest BCUT2D eigenvalue weighted by Gasteiger charge is 2.25. The highest BCUT2D eigenvalue weighted by molar-refractivity contribution is 5.92. The number of aromatic nitrogens is 2. The van der Waals surface area contributed by atoms with Gasteiger partial charge in [-0.3, -0.25) is 9.69 Å². The van der Waals surface area contributed by atoms with Crippen molar-refractivity contribution in [2.45, 2.75) is 45.2 Å². The molecule has 1 aromatic carbocycles. The van der Waals surface area contributed by atoms with E-state index in [1.165, 1.54) is 24.8 Å². The number of carbonyl (C=O) groups is 1. The minimum absolute atomic E-state index is 0.00547. The molecule has 1 unspecified atom stereocenters. The zero-order valence-electron chi connectivity index (χ0n) is 17.3. The summed E-state index contributed by atoms with van der Waals surface area (Å²) >= 11 is 0. The summed E-state index contributed by atoms with van der Waals surface area (Å²) in [6.45, 7) is 7.44.